The number of hydrogen-bond donors (Lipinski definition) is 3. The van der Waals surface area contributed by atoms with Gasteiger partial charge in [0, 0.05) is 17.9 Å². The Hall–Kier alpha value is -1.40. The van der Waals surface area contributed by atoms with Gasteiger partial charge in [-0.3, -0.25) is 9.59 Å². The zero-order valence-electron chi connectivity index (χ0n) is 6.02. The molecule has 0 unspecified atom stereocenters. The monoisotopic (exact) mass is 167 g/mol. The third kappa shape index (κ3) is 1.44. The number of aldehydes is 1. The van der Waals surface area contributed by atoms with Crippen LogP contribution < -0.4 is 10.9 Å². The highest BCUT2D eigenvalue weighted by Gasteiger charge is 2.16. The molecule has 0 saturated carbocycles. The maximum absolute atomic E-state index is 11.1. The SMILES string of the molecule is O=Cc1c[nH]cc(B(O)O)c1=O. The van der Waals surface area contributed by atoms with Gasteiger partial charge in [-0.15, -0.1) is 0 Å². The van der Waals surface area contributed by atoms with E-state index in [0.29, 0.717) is 6.29 Å². The number of aromatic nitrogens is 1. The van der Waals surface area contributed by atoms with Crippen LogP contribution in [0.3, 0.4) is 0 Å². The van der Waals surface area contributed by atoms with Crippen molar-refractivity contribution in [1.29, 1.82) is 0 Å². The van der Waals surface area contributed by atoms with E-state index in [2.05, 4.69) is 4.98 Å². The number of aromatic amines is 1. The third-order valence-electron chi connectivity index (χ3n) is 1.41. The highest BCUT2D eigenvalue weighted by atomic mass is 16.4. The van der Waals surface area contributed by atoms with Crippen LogP contribution in [0.15, 0.2) is 17.2 Å². The fourth-order valence-electron chi connectivity index (χ4n) is 0.798. The molecule has 0 spiro atoms. The maximum atomic E-state index is 11.1. The van der Waals surface area contributed by atoms with Crippen molar-refractivity contribution >= 4 is 18.9 Å². The van der Waals surface area contributed by atoms with Gasteiger partial charge in [0.2, 0.25) is 0 Å². The quantitative estimate of drug-likeness (QED) is 0.346. The number of rotatable bonds is 2. The van der Waals surface area contributed by atoms with Gasteiger partial charge in [0.25, 0.3) is 0 Å². The van der Waals surface area contributed by atoms with Crippen LogP contribution in [-0.4, -0.2) is 28.4 Å². The number of pyridine rings is 1. The van der Waals surface area contributed by atoms with Gasteiger partial charge in [-0.2, -0.15) is 0 Å². The van der Waals surface area contributed by atoms with Gasteiger partial charge in [0.15, 0.2) is 11.7 Å². The van der Waals surface area contributed by atoms with E-state index in [4.69, 9.17) is 10.0 Å². The van der Waals surface area contributed by atoms with E-state index < -0.39 is 12.5 Å². The van der Waals surface area contributed by atoms with E-state index in [1.807, 2.05) is 0 Å². The molecule has 0 atom stereocenters. The summed E-state index contributed by atoms with van der Waals surface area (Å²) in [6.45, 7) is 0. The van der Waals surface area contributed by atoms with Crippen molar-refractivity contribution in [3.63, 3.8) is 0 Å². The minimum Gasteiger partial charge on any atom is -0.423 e. The second-order valence-corrected chi connectivity index (χ2v) is 2.19. The van der Waals surface area contributed by atoms with E-state index in [1.54, 1.807) is 0 Å². The lowest BCUT2D eigenvalue weighted by atomic mass is 9.81. The lowest BCUT2D eigenvalue weighted by Gasteiger charge is -1.97. The smallest absolute Gasteiger partial charge is 0.423 e. The normalized spacial score (nSPS) is 9.50. The molecule has 0 aromatic carbocycles. The van der Waals surface area contributed by atoms with Crippen molar-refractivity contribution in [3.8, 4) is 0 Å². The molecule has 62 valence electrons. The Morgan fingerprint density at radius 3 is 2.58 bits per heavy atom. The summed E-state index contributed by atoms with van der Waals surface area (Å²) in [5.74, 6) is 0. The fraction of sp³-hybridized carbons (Fsp3) is 0. The Bertz CT molecular complexity index is 346. The molecule has 1 rings (SSSR count). The molecule has 12 heavy (non-hydrogen) atoms. The summed E-state index contributed by atoms with van der Waals surface area (Å²) < 4.78 is 0. The minimum atomic E-state index is -1.85. The average Bonchev–Trinajstić information content (AvgIpc) is 2.04. The largest absolute Gasteiger partial charge is 0.493 e. The first-order valence-corrected chi connectivity index (χ1v) is 3.19. The van der Waals surface area contributed by atoms with Gasteiger partial charge in [-0.25, -0.2) is 0 Å². The van der Waals surface area contributed by atoms with Crippen LogP contribution in [0.25, 0.3) is 0 Å². The Morgan fingerprint density at radius 2 is 2.08 bits per heavy atom. The van der Waals surface area contributed by atoms with Gasteiger partial charge < -0.3 is 15.0 Å². The standard InChI is InChI=1S/C6H6BNO4/c9-3-4-1-8-2-5(6(4)10)7(11)12/h1-3,11-12H,(H,8,10). The Balaban J connectivity index is 3.33. The predicted molar refractivity (Wildman–Crippen MR) is 42.3 cm³/mol. The molecule has 1 aromatic heterocycles. The van der Waals surface area contributed by atoms with E-state index >= 15 is 0 Å². The average molecular weight is 167 g/mol. The van der Waals surface area contributed by atoms with Crippen LogP contribution in [-0.2, 0) is 0 Å². The first-order valence-electron chi connectivity index (χ1n) is 3.19. The topological polar surface area (TPSA) is 90.4 Å². The first kappa shape index (κ1) is 8.70. The van der Waals surface area contributed by atoms with Crippen LogP contribution in [0, 0.1) is 0 Å². The second kappa shape index (κ2) is 3.33. The number of carbonyl (C=O) groups is 1. The zero-order valence-corrected chi connectivity index (χ0v) is 6.02. The van der Waals surface area contributed by atoms with Crippen LogP contribution in [0.1, 0.15) is 10.4 Å². The summed E-state index contributed by atoms with van der Waals surface area (Å²) in [4.78, 5) is 23.7. The van der Waals surface area contributed by atoms with Crippen LogP contribution in [0.5, 0.6) is 0 Å². The van der Waals surface area contributed by atoms with E-state index in [0.717, 1.165) is 6.20 Å². The van der Waals surface area contributed by atoms with Gasteiger partial charge in [-0.05, 0) is 0 Å². The zero-order chi connectivity index (χ0) is 9.14. The van der Waals surface area contributed by atoms with Crippen molar-refractivity contribution in [2.75, 3.05) is 0 Å². The molecule has 0 bridgehead atoms. The highest BCUT2D eigenvalue weighted by molar-refractivity contribution is 6.58. The number of hydrogen-bond acceptors (Lipinski definition) is 4. The molecule has 0 aliphatic carbocycles. The summed E-state index contributed by atoms with van der Waals surface area (Å²) in [5, 5.41) is 17.3. The van der Waals surface area contributed by atoms with Crippen molar-refractivity contribution in [1.82, 2.24) is 4.98 Å². The summed E-state index contributed by atoms with van der Waals surface area (Å²) in [5.41, 5.74) is -1.03. The fourth-order valence-corrected chi connectivity index (χ4v) is 0.798. The lowest BCUT2D eigenvalue weighted by molar-refractivity contribution is 0.112. The molecule has 0 aliphatic rings. The van der Waals surface area contributed by atoms with Crippen molar-refractivity contribution in [2.45, 2.75) is 0 Å². The molecule has 1 aromatic rings. The Morgan fingerprint density at radius 1 is 1.42 bits per heavy atom. The number of nitrogens with one attached hydrogen (secondary N) is 1. The first-order chi connectivity index (χ1) is 5.66. The van der Waals surface area contributed by atoms with Crippen molar-refractivity contribution in [3.05, 3.63) is 28.2 Å². The Labute approximate surface area is 67.8 Å². The second-order valence-electron chi connectivity index (χ2n) is 2.19. The van der Waals surface area contributed by atoms with Crippen LogP contribution in [0.4, 0.5) is 0 Å². The molecular formula is C6H6BNO4. The lowest BCUT2D eigenvalue weighted by Crippen LogP contribution is -2.42. The summed E-state index contributed by atoms with van der Waals surface area (Å²) in [6.07, 6.45) is 2.69. The molecule has 5 nitrogen and oxygen atoms in total. The van der Waals surface area contributed by atoms with E-state index in [9.17, 15) is 9.59 Å². The molecule has 3 N–H and O–H groups in total. The predicted octanol–water partition coefficient (Wildman–Crippen LogP) is -2.13. The van der Waals surface area contributed by atoms with Gasteiger partial charge in [0.05, 0.1) is 5.56 Å². The molecule has 0 radical (unpaired) electrons. The van der Waals surface area contributed by atoms with Gasteiger partial charge in [0.1, 0.15) is 0 Å². The van der Waals surface area contributed by atoms with Crippen LogP contribution in [0.2, 0.25) is 0 Å². The van der Waals surface area contributed by atoms with E-state index in [1.165, 1.54) is 6.20 Å². The summed E-state index contributed by atoms with van der Waals surface area (Å²) in [7, 11) is -1.85. The van der Waals surface area contributed by atoms with Crippen LogP contribution >= 0.6 is 0 Å². The Kier molecular flexibility index (Phi) is 2.42. The van der Waals surface area contributed by atoms with Crippen molar-refractivity contribution < 1.29 is 14.8 Å². The molecule has 0 aliphatic heterocycles. The maximum Gasteiger partial charge on any atom is 0.493 e. The van der Waals surface area contributed by atoms with Gasteiger partial charge >= 0.3 is 7.12 Å². The summed E-state index contributed by atoms with van der Waals surface area (Å²) in [6, 6.07) is 0. The molecule has 0 fully saturated rings. The minimum absolute atomic E-state index is 0.124. The highest BCUT2D eigenvalue weighted by Crippen LogP contribution is 1.80. The molecule has 0 saturated heterocycles. The molecular weight excluding hydrogens is 161 g/mol. The number of carbonyl (C=O) groups excluding carboxylic acids is 1. The molecule has 0 amide bonds. The molecule has 1 heterocycles. The molecule has 6 heteroatoms. The van der Waals surface area contributed by atoms with Crippen molar-refractivity contribution in [2.24, 2.45) is 0 Å². The van der Waals surface area contributed by atoms with E-state index in [-0.39, 0.29) is 11.0 Å². The van der Waals surface area contributed by atoms with Gasteiger partial charge in [-0.1, -0.05) is 0 Å². The third-order valence-corrected chi connectivity index (χ3v) is 1.41. The summed E-state index contributed by atoms with van der Waals surface area (Å²) >= 11 is 0. The number of H-pyrrole nitrogens is 1.